The van der Waals surface area contributed by atoms with Crippen LogP contribution in [0, 0.1) is 5.82 Å². The number of aromatic nitrogens is 3. The molecule has 0 saturated heterocycles. The molecule has 1 aromatic carbocycles. The Morgan fingerprint density at radius 3 is 2.63 bits per heavy atom. The fraction of sp³-hybridized carbons (Fsp3) is 0.211. The van der Waals surface area contributed by atoms with E-state index in [2.05, 4.69) is 20.7 Å². The molecule has 0 saturated carbocycles. The number of nitrogens with zero attached hydrogens (tertiary/aromatic N) is 3. The first-order chi connectivity index (χ1) is 14.2. The van der Waals surface area contributed by atoms with Crippen molar-refractivity contribution in [3.05, 3.63) is 70.9 Å². The van der Waals surface area contributed by atoms with Gasteiger partial charge in [-0.05, 0) is 29.8 Å². The molecule has 3 heterocycles. The molecule has 2 aromatic heterocycles. The van der Waals surface area contributed by atoms with Crippen LogP contribution in [0.2, 0.25) is 5.15 Å². The molecular formula is C19H14ClF4N5O. The van der Waals surface area contributed by atoms with Gasteiger partial charge in [0.25, 0.3) is 5.91 Å². The summed E-state index contributed by atoms with van der Waals surface area (Å²) in [6.45, 7) is 0. The highest BCUT2D eigenvalue weighted by Crippen LogP contribution is 2.43. The van der Waals surface area contributed by atoms with E-state index in [1.807, 2.05) is 0 Å². The minimum Gasteiger partial charge on any atom is -0.363 e. The van der Waals surface area contributed by atoms with Crippen LogP contribution >= 0.6 is 11.6 Å². The summed E-state index contributed by atoms with van der Waals surface area (Å²) < 4.78 is 55.1. The van der Waals surface area contributed by atoms with Crippen molar-refractivity contribution < 1.29 is 22.4 Å². The number of rotatable bonds is 3. The lowest BCUT2D eigenvalue weighted by atomic mass is 9.97. The standard InChI is InChI=1S/C19H14ClF4N5O/c20-17-12(2-1-7-25-17)27-18(30)14-9-16-26-13(10-3-5-11(21)6-4-10)8-15(19(22,23)24)29(16)28-14/h1-7,9,13,15,26H,8H2,(H,27,30)/t13-,15+/m1/s1. The molecule has 0 unspecified atom stereocenters. The van der Waals surface area contributed by atoms with Crippen molar-refractivity contribution in [1.82, 2.24) is 14.8 Å². The molecule has 4 rings (SSSR count). The number of nitrogens with one attached hydrogen (secondary N) is 2. The summed E-state index contributed by atoms with van der Waals surface area (Å²) in [5.41, 5.74) is 0.484. The maximum absolute atomic E-state index is 13.7. The molecule has 0 radical (unpaired) electrons. The molecule has 30 heavy (non-hydrogen) atoms. The third-order valence-corrected chi connectivity index (χ3v) is 5.00. The lowest BCUT2D eigenvalue weighted by molar-refractivity contribution is -0.173. The van der Waals surface area contributed by atoms with Gasteiger partial charge >= 0.3 is 6.18 Å². The number of carbonyl (C=O) groups is 1. The van der Waals surface area contributed by atoms with Gasteiger partial charge in [-0.15, -0.1) is 0 Å². The van der Waals surface area contributed by atoms with Gasteiger partial charge < -0.3 is 10.6 Å². The maximum Gasteiger partial charge on any atom is 0.410 e. The SMILES string of the molecule is O=C(Nc1cccnc1Cl)c1cc2n(n1)[C@H](C(F)(F)F)C[C@H](c1ccc(F)cc1)N2. The number of fused-ring (bicyclic) bond motifs is 1. The topological polar surface area (TPSA) is 71.8 Å². The van der Waals surface area contributed by atoms with E-state index in [4.69, 9.17) is 11.6 Å². The van der Waals surface area contributed by atoms with Crippen molar-refractivity contribution in [3.63, 3.8) is 0 Å². The fourth-order valence-corrected chi connectivity index (χ4v) is 3.43. The van der Waals surface area contributed by atoms with Crippen molar-refractivity contribution in [2.24, 2.45) is 0 Å². The Morgan fingerprint density at radius 1 is 1.23 bits per heavy atom. The Bertz CT molecular complexity index is 1080. The molecule has 3 aromatic rings. The van der Waals surface area contributed by atoms with Crippen LogP contribution in [-0.2, 0) is 0 Å². The van der Waals surface area contributed by atoms with Gasteiger partial charge in [-0.1, -0.05) is 23.7 Å². The number of pyridine rings is 1. The highest BCUT2D eigenvalue weighted by Gasteiger charge is 2.46. The van der Waals surface area contributed by atoms with Gasteiger partial charge in [0.15, 0.2) is 16.9 Å². The largest absolute Gasteiger partial charge is 0.410 e. The average molecular weight is 440 g/mol. The van der Waals surface area contributed by atoms with Crippen LogP contribution in [0.1, 0.15) is 34.6 Å². The number of benzene rings is 1. The summed E-state index contributed by atoms with van der Waals surface area (Å²) in [6.07, 6.45) is -3.53. The number of carbonyl (C=O) groups excluding carboxylic acids is 1. The zero-order chi connectivity index (χ0) is 21.5. The molecule has 156 valence electrons. The van der Waals surface area contributed by atoms with E-state index in [1.165, 1.54) is 42.6 Å². The van der Waals surface area contributed by atoms with E-state index in [9.17, 15) is 22.4 Å². The third kappa shape index (κ3) is 3.95. The minimum atomic E-state index is -4.60. The molecule has 2 atom stereocenters. The first-order valence-electron chi connectivity index (χ1n) is 8.82. The van der Waals surface area contributed by atoms with Gasteiger partial charge in [0.1, 0.15) is 11.6 Å². The van der Waals surface area contributed by atoms with Gasteiger partial charge in [0, 0.05) is 18.7 Å². The number of anilines is 2. The lowest BCUT2D eigenvalue weighted by Crippen LogP contribution is -2.35. The summed E-state index contributed by atoms with van der Waals surface area (Å²) >= 11 is 5.90. The summed E-state index contributed by atoms with van der Waals surface area (Å²) in [5, 5.41) is 9.33. The summed E-state index contributed by atoms with van der Waals surface area (Å²) in [7, 11) is 0. The fourth-order valence-electron chi connectivity index (χ4n) is 3.26. The quantitative estimate of drug-likeness (QED) is 0.446. The van der Waals surface area contributed by atoms with E-state index in [0.29, 0.717) is 5.56 Å². The average Bonchev–Trinajstić information content (AvgIpc) is 3.13. The summed E-state index contributed by atoms with van der Waals surface area (Å²) in [4.78, 5) is 16.3. The number of alkyl halides is 3. The predicted molar refractivity (Wildman–Crippen MR) is 102 cm³/mol. The molecule has 0 bridgehead atoms. The molecule has 6 nitrogen and oxygen atoms in total. The lowest BCUT2D eigenvalue weighted by Gasteiger charge is -2.33. The second-order valence-electron chi connectivity index (χ2n) is 6.70. The predicted octanol–water partition coefficient (Wildman–Crippen LogP) is 4.98. The summed E-state index contributed by atoms with van der Waals surface area (Å²) in [6, 6.07) is 6.81. The van der Waals surface area contributed by atoms with E-state index in [0.717, 1.165) is 4.68 Å². The van der Waals surface area contributed by atoms with Crippen molar-refractivity contribution in [1.29, 1.82) is 0 Å². The van der Waals surface area contributed by atoms with Crippen LogP contribution < -0.4 is 10.6 Å². The Hall–Kier alpha value is -3.14. The van der Waals surface area contributed by atoms with Crippen LogP contribution in [-0.4, -0.2) is 26.8 Å². The zero-order valence-electron chi connectivity index (χ0n) is 15.1. The van der Waals surface area contributed by atoms with Gasteiger partial charge in [0.05, 0.1) is 11.7 Å². The molecule has 1 aliphatic heterocycles. The van der Waals surface area contributed by atoms with Gasteiger partial charge in [-0.2, -0.15) is 18.3 Å². The maximum atomic E-state index is 13.7. The highest BCUT2D eigenvalue weighted by atomic mass is 35.5. The Balaban J connectivity index is 1.65. The van der Waals surface area contributed by atoms with Crippen molar-refractivity contribution in [2.75, 3.05) is 10.6 Å². The smallest absolute Gasteiger partial charge is 0.363 e. The van der Waals surface area contributed by atoms with Crippen LogP contribution in [0.4, 0.5) is 29.1 Å². The summed E-state index contributed by atoms with van der Waals surface area (Å²) in [5.74, 6) is -1.19. The second-order valence-corrected chi connectivity index (χ2v) is 7.05. The minimum absolute atomic E-state index is 0.0281. The van der Waals surface area contributed by atoms with Gasteiger partial charge in [-0.25, -0.2) is 14.1 Å². The van der Waals surface area contributed by atoms with Crippen LogP contribution in [0.25, 0.3) is 0 Å². The molecule has 1 aliphatic rings. The van der Waals surface area contributed by atoms with Crippen LogP contribution in [0.5, 0.6) is 0 Å². The number of amides is 1. The first kappa shape index (κ1) is 20.1. The monoisotopic (exact) mass is 439 g/mol. The van der Waals surface area contributed by atoms with Crippen LogP contribution in [0.3, 0.4) is 0 Å². The van der Waals surface area contributed by atoms with E-state index < -0.39 is 30.0 Å². The zero-order valence-corrected chi connectivity index (χ0v) is 15.9. The van der Waals surface area contributed by atoms with Crippen molar-refractivity contribution in [3.8, 4) is 0 Å². The van der Waals surface area contributed by atoms with E-state index in [1.54, 1.807) is 6.07 Å². The molecule has 2 N–H and O–H groups in total. The van der Waals surface area contributed by atoms with Crippen molar-refractivity contribution >= 4 is 29.0 Å². The Labute approximate surface area is 172 Å². The number of hydrogen-bond donors (Lipinski definition) is 2. The Kier molecular flexibility index (Phi) is 5.10. The molecule has 0 aliphatic carbocycles. The highest BCUT2D eigenvalue weighted by molar-refractivity contribution is 6.32. The van der Waals surface area contributed by atoms with Gasteiger partial charge in [0.2, 0.25) is 0 Å². The van der Waals surface area contributed by atoms with E-state index >= 15 is 0 Å². The molecule has 0 fully saturated rings. The number of hydrogen-bond acceptors (Lipinski definition) is 4. The van der Waals surface area contributed by atoms with Gasteiger partial charge in [-0.3, -0.25) is 4.79 Å². The third-order valence-electron chi connectivity index (χ3n) is 4.70. The van der Waals surface area contributed by atoms with E-state index in [-0.39, 0.29) is 28.8 Å². The van der Waals surface area contributed by atoms with Crippen LogP contribution in [0.15, 0.2) is 48.7 Å². The Morgan fingerprint density at radius 2 is 1.97 bits per heavy atom. The molecule has 1 amide bonds. The molecular weight excluding hydrogens is 426 g/mol. The number of halogens is 5. The van der Waals surface area contributed by atoms with Crippen molar-refractivity contribution in [2.45, 2.75) is 24.7 Å². The first-order valence-corrected chi connectivity index (χ1v) is 9.20. The normalized spacial score (nSPS) is 18.4. The second kappa shape index (κ2) is 7.60. The molecule has 11 heteroatoms. The molecule has 0 spiro atoms.